The number of aliphatic hydroxyl groups excluding tert-OH is 4. The highest BCUT2D eigenvalue weighted by atomic mass is 17.3. The molecule has 42 unspecified atom stereocenters. The van der Waals surface area contributed by atoms with E-state index in [-0.39, 0.29) is 123 Å². The summed E-state index contributed by atoms with van der Waals surface area (Å²) in [6.07, 6.45) is 20.1. The summed E-state index contributed by atoms with van der Waals surface area (Å²) >= 11 is 0. The maximum absolute atomic E-state index is 12.3. The zero-order valence-electron chi connectivity index (χ0n) is 82.8. The fraction of sp³-hybridized carbons (Fsp3) is 0.901. The van der Waals surface area contributed by atoms with Crippen LogP contribution < -0.4 is 0 Å². The van der Waals surface area contributed by atoms with Gasteiger partial charge in [0.1, 0.15) is 49.1 Å². The predicted octanol–water partition coefficient (Wildman–Crippen LogP) is 14.0. The number of carbonyl (C=O) groups is 2. The average molecular weight is 1900 g/mol. The summed E-state index contributed by atoms with van der Waals surface area (Å²) in [5.41, 5.74) is -0.765. The van der Waals surface area contributed by atoms with Gasteiger partial charge in [-0.05, 0) is 194 Å². The standard InChI is InChI=1S/C22H31N3O5.C22H33NO9.C20H31NO5.C19H29NO4.C18H27NO4/c1-12-5-6-17-13(2)19(25-18(14(3)26)9-15-10-23-11-24-15)27-20-22(17)16(12)7-8-21(4,28-20)29-30-22;1-9-4-5-22-10(2)16(23-12-14(26)13(25)11(8-24)28-17(12)27)29-18-15(22)21(9)7-6-20(3,30-18)32-31-19(21)22;1-5-6-14(22)11-21-17-13(3)16-8-7-12(2)15-9-10-19(4)24-18(23-17)20(15,16)26-25-19;1-5-10-20-14-13(3)18-7-6-12(2)17(11-18)9-8-16(4)22-15(21-14)19(17,18)24-23-16;1-5-19-13-11(3)18-7-6-10(2)17-9-8-16(4,23-22-15(17)18)21-14(20-13)12(17)18/h10-13,16-18,20H,5-9H2,1-4H3,(H,23,24);9-15,17-19,24-27H,4-8H2,1-3H3;12-13,15-16,18H,5-11H2,1-4H3;12-13,15H,5-11H2,1-4H3;10-12,14-15H,5-9H2,1-4H3/t;9-,10?,11?,12?,13?,14?,15?,17?,18?,19?,20?,21?,22?;;;/m.1.../s1. The Morgan fingerprint density at radius 3 is 1.59 bits per heavy atom. The van der Waals surface area contributed by atoms with Crippen molar-refractivity contribution in [2.45, 2.75) is 418 Å². The molecular formula is C101H151N7O27. The molecule has 1 aromatic heterocycles. The van der Waals surface area contributed by atoms with E-state index in [1.807, 2.05) is 48.5 Å². The van der Waals surface area contributed by atoms with E-state index in [1.54, 1.807) is 19.4 Å². The van der Waals surface area contributed by atoms with Crippen molar-refractivity contribution in [3.63, 3.8) is 0 Å². The van der Waals surface area contributed by atoms with Crippen LogP contribution in [0.15, 0.2) is 37.5 Å². The van der Waals surface area contributed by atoms with Crippen molar-refractivity contribution in [2.75, 3.05) is 26.2 Å². The van der Waals surface area contributed by atoms with Gasteiger partial charge in [-0.1, -0.05) is 83.1 Å². The highest BCUT2D eigenvalue weighted by molar-refractivity contribution is 5.88. The molecule has 19 saturated heterocycles. The first-order valence-corrected chi connectivity index (χ1v) is 51.9. The number of ether oxygens (including phenoxy) is 11. The minimum absolute atomic E-state index is 0.00168. The molecule has 27 aliphatic rings. The van der Waals surface area contributed by atoms with E-state index in [4.69, 9.17) is 111 Å². The first-order valence-electron chi connectivity index (χ1n) is 51.9. The van der Waals surface area contributed by atoms with Crippen LogP contribution in [0.2, 0.25) is 0 Å². The second-order valence-electron chi connectivity index (χ2n) is 46.7. The lowest BCUT2D eigenvalue weighted by Crippen LogP contribution is -2.86. The second kappa shape index (κ2) is 34.1. The lowest BCUT2D eigenvalue weighted by molar-refractivity contribution is -0.597. The number of aliphatic imine (C=N–C) groups is 5. The summed E-state index contributed by atoms with van der Waals surface area (Å²) in [4.78, 5) is 115. The van der Waals surface area contributed by atoms with Gasteiger partial charge in [-0.3, -0.25) is 19.6 Å². The fourth-order valence-electron chi connectivity index (χ4n) is 32.6. The molecule has 5 N–H and O–H groups in total. The molecule has 27 fully saturated rings. The zero-order chi connectivity index (χ0) is 95.1. The third-order valence-electron chi connectivity index (χ3n) is 40.1. The number of imidazole rings is 1. The maximum Gasteiger partial charge on any atom is 0.237 e. The number of Topliss-reactive ketones (excluding diaryl/α,β-unsaturated/α-hetero) is 2. The van der Waals surface area contributed by atoms with Crippen molar-refractivity contribution < 1.29 is 131 Å². The van der Waals surface area contributed by atoms with Gasteiger partial charge >= 0.3 is 0 Å². The minimum atomic E-state index is -1.49. The van der Waals surface area contributed by atoms with Crippen LogP contribution in [0.3, 0.4) is 0 Å². The van der Waals surface area contributed by atoms with Gasteiger partial charge in [0.05, 0.1) is 12.9 Å². The number of hydrogen-bond donors (Lipinski definition) is 5. The number of rotatable bonds is 13. The highest BCUT2D eigenvalue weighted by Gasteiger charge is 2.90. The summed E-state index contributed by atoms with van der Waals surface area (Å²) in [5, 5.41) is 40.6. The van der Waals surface area contributed by atoms with Crippen LogP contribution in [0, 0.1) is 127 Å². The normalized spacial score (nSPS) is 55.0. The van der Waals surface area contributed by atoms with Crippen LogP contribution in [0.1, 0.15) is 291 Å². The molecule has 9 spiro atoms. The molecule has 34 heteroatoms. The Balaban J connectivity index is 0.000000102. The molecule has 20 heterocycles. The Morgan fingerprint density at radius 2 is 1.02 bits per heavy atom. The minimum Gasteiger partial charge on any atom is -0.451 e. The topological polar surface area (TPSA) is 399 Å². The molecule has 0 radical (unpaired) electrons. The second-order valence-corrected chi connectivity index (χ2v) is 46.7. The largest absolute Gasteiger partial charge is 0.451 e. The predicted molar refractivity (Wildman–Crippen MR) is 481 cm³/mol. The van der Waals surface area contributed by atoms with Crippen LogP contribution in [0.25, 0.3) is 0 Å². The van der Waals surface area contributed by atoms with Crippen LogP contribution in [-0.2, 0) is 117 Å². The fourth-order valence-corrected chi connectivity index (χ4v) is 32.6. The number of hydrogen-bond acceptors (Lipinski definition) is 33. The lowest BCUT2D eigenvalue weighted by Gasteiger charge is -2.78. The quantitative estimate of drug-likeness (QED) is 0.115. The Bertz CT molecular complexity index is 4800. The number of aliphatic hydroxyl groups is 4. The third-order valence-corrected chi connectivity index (χ3v) is 40.1. The molecule has 28 rings (SSSR count). The van der Waals surface area contributed by atoms with Gasteiger partial charge in [-0.15, -0.1) is 0 Å². The Morgan fingerprint density at radius 1 is 0.496 bits per heavy atom. The Kier molecular flexibility index (Phi) is 24.3. The highest BCUT2D eigenvalue weighted by Crippen LogP contribution is 2.84. The number of carbonyl (C=O) groups excluding carboxylic acids is 2. The summed E-state index contributed by atoms with van der Waals surface area (Å²) in [7, 11) is 0. The van der Waals surface area contributed by atoms with Crippen molar-refractivity contribution >= 4 is 41.1 Å². The SMILES string of the molecule is CC(=O)C(Cc1cnc[nH]1)N=C1OC2OC3(C)CCC4C(C)CCC(C1C)C24OO3.CC1C(=NC2C(O)OC(CO)C(O)C2O)OC2OC3(C)CCC45C(OO3)C1(CC[C@H]4C)C25.CCCC(=O)CN=C1OC2OC3(C)CCC4C(C)CCC(C1C)C24OO3.CCCN=C1OC2OC3(C)CCC45CC(CCC4C)(C1C)C25OO3.CCN=C1OC2OC3(C)CCC45C(C)CCC(C1C)(C4OO3)C25. The van der Waals surface area contributed by atoms with E-state index >= 15 is 0 Å². The van der Waals surface area contributed by atoms with Gasteiger partial charge in [0.15, 0.2) is 64.1 Å². The molecule has 19 aliphatic heterocycles. The number of nitrogens with zero attached hydrogens (tertiary/aromatic N) is 6. The summed E-state index contributed by atoms with van der Waals surface area (Å²) in [6.45, 7) is 41.1. The van der Waals surface area contributed by atoms with E-state index in [1.165, 1.54) is 19.3 Å². The Hall–Kier alpha value is -4.90. The van der Waals surface area contributed by atoms with E-state index in [2.05, 4.69) is 101 Å². The van der Waals surface area contributed by atoms with Gasteiger partial charge < -0.3 is 77.5 Å². The van der Waals surface area contributed by atoms with Gasteiger partial charge in [0.2, 0.25) is 60.4 Å². The molecule has 8 saturated carbocycles. The number of aromatic nitrogens is 2. The van der Waals surface area contributed by atoms with Crippen molar-refractivity contribution in [3.8, 4) is 0 Å². The number of fused-ring (bicyclic) bond motifs is 10. The van der Waals surface area contributed by atoms with Crippen molar-refractivity contribution in [1.29, 1.82) is 0 Å². The molecule has 752 valence electrons. The number of aromatic amines is 1. The van der Waals surface area contributed by atoms with E-state index in [9.17, 15) is 30.0 Å². The monoisotopic (exact) mass is 1890 g/mol. The van der Waals surface area contributed by atoms with Crippen molar-refractivity contribution in [3.05, 3.63) is 18.2 Å². The number of H-pyrrole nitrogens is 1. The van der Waals surface area contributed by atoms with Gasteiger partial charge in [0.25, 0.3) is 0 Å². The molecule has 135 heavy (non-hydrogen) atoms. The molecule has 14 bridgehead atoms. The molecule has 43 atom stereocenters. The van der Waals surface area contributed by atoms with Gasteiger partial charge in [0, 0.05) is 168 Å². The van der Waals surface area contributed by atoms with E-state index in [0.29, 0.717) is 84.3 Å². The maximum atomic E-state index is 12.3. The Labute approximate surface area is 793 Å². The molecular weight excluding hydrogens is 1740 g/mol. The number of nitrogens with one attached hydrogen (secondary N) is 1. The summed E-state index contributed by atoms with van der Waals surface area (Å²) < 4.78 is 68.7. The smallest absolute Gasteiger partial charge is 0.237 e. The van der Waals surface area contributed by atoms with Crippen LogP contribution in [0.5, 0.6) is 0 Å². The first-order chi connectivity index (χ1) is 64.3. The van der Waals surface area contributed by atoms with Crippen LogP contribution >= 0.6 is 0 Å². The molecule has 0 amide bonds. The number of ketones is 2. The van der Waals surface area contributed by atoms with Crippen molar-refractivity contribution in [1.82, 2.24) is 9.97 Å². The first kappa shape index (κ1) is 96.2. The summed E-state index contributed by atoms with van der Waals surface area (Å²) in [5.74, 6) is 4.33. The van der Waals surface area contributed by atoms with Crippen LogP contribution in [-0.4, -0.2) is 224 Å². The molecule has 0 aromatic carbocycles. The van der Waals surface area contributed by atoms with Gasteiger partial charge in [-0.25, -0.2) is 68.8 Å². The van der Waals surface area contributed by atoms with E-state index < -0.39 is 108 Å². The average Bonchev–Trinajstić information content (AvgIpc) is 1.62. The van der Waals surface area contributed by atoms with Gasteiger partial charge in [-0.2, -0.15) is 0 Å². The van der Waals surface area contributed by atoms with Crippen LogP contribution in [0.4, 0.5) is 0 Å². The van der Waals surface area contributed by atoms with Crippen molar-refractivity contribution in [2.24, 2.45) is 152 Å². The molecule has 1 aromatic rings. The lowest BCUT2D eigenvalue weighted by atomic mass is 9.30. The zero-order valence-corrected chi connectivity index (χ0v) is 82.8. The third kappa shape index (κ3) is 13.8. The molecule has 8 aliphatic carbocycles. The molecule has 34 nitrogen and oxygen atoms in total. The summed E-state index contributed by atoms with van der Waals surface area (Å²) in [6, 6.07) is -1.67. The van der Waals surface area contributed by atoms with E-state index in [0.717, 1.165) is 153 Å².